The summed E-state index contributed by atoms with van der Waals surface area (Å²) in [7, 11) is 1.63. The molecule has 0 aliphatic rings. The van der Waals surface area contributed by atoms with Gasteiger partial charge in [0.2, 0.25) is 0 Å². The van der Waals surface area contributed by atoms with Crippen molar-refractivity contribution in [2.75, 3.05) is 7.11 Å². The Hall–Kier alpha value is -1.47. The maximum Gasteiger partial charge on any atom is 0.106 e. The van der Waals surface area contributed by atoms with Gasteiger partial charge in [-0.2, -0.15) is 12.1 Å². The summed E-state index contributed by atoms with van der Waals surface area (Å²) in [6, 6.07) is 12.7. The first-order valence-electron chi connectivity index (χ1n) is 6.71. The Balaban J connectivity index is 0.00000155. The molecule has 0 bridgehead atoms. The summed E-state index contributed by atoms with van der Waals surface area (Å²) >= 11 is 0. The zero-order valence-electron chi connectivity index (χ0n) is 13.6. The molecule has 1 N–H and O–H groups in total. The first-order chi connectivity index (χ1) is 10.6. The van der Waals surface area contributed by atoms with Crippen molar-refractivity contribution in [2.24, 2.45) is 0 Å². The normalized spacial score (nSPS) is 8.70. The molecular formula is C19H19O3Y-. The van der Waals surface area contributed by atoms with Crippen LogP contribution in [0.5, 0.6) is 5.75 Å². The van der Waals surface area contributed by atoms with Crippen LogP contribution < -0.4 is 4.74 Å². The zero-order valence-corrected chi connectivity index (χ0v) is 16.5. The topological polar surface area (TPSA) is 46.5 Å². The molecule has 0 fully saturated rings. The van der Waals surface area contributed by atoms with E-state index in [9.17, 15) is 0 Å². The Labute approximate surface area is 163 Å². The van der Waals surface area contributed by atoms with Crippen LogP contribution in [-0.4, -0.2) is 19.0 Å². The molecule has 23 heavy (non-hydrogen) atoms. The summed E-state index contributed by atoms with van der Waals surface area (Å²) in [6.45, 7) is 6.01. The molecule has 2 aromatic rings. The number of carbonyl (C=O) groups is 1. The Morgan fingerprint density at radius 3 is 2.26 bits per heavy atom. The second kappa shape index (κ2) is 11.1. The van der Waals surface area contributed by atoms with Gasteiger partial charge < -0.3 is 14.6 Å². The zero-order chi connectivity index (χ0) is 16.5. The fourth-order valence-corrected chi connectivity index (χ4v) is 1.99. The number of benzene rings is 2. The molecule has 0 atom stereocenters. The first-order valence-corrected chi connectivity index (χ1v) is 6.71. The van der Waals surface area contributed by atoms with Crippen molar-refractivity contribution in [3.8, 4) is 17.6 Å². The molecule has 0 heterocycles. The molecule has 3 nitrogen and oxygen atoms in total. The molecule has 0 aromatic heterocycles. The monoisotopic (exact) mass is 384 g/mol. The molecule has 1 radical (unpaired) electrons. The number of aryl methyl sites for hydroxylation is 2. The van der Waals surface area contributed by atoms with Crippen LogP contribution in [0.2, 0.25) is 0 Å². The largest absolute Gasteiger partial charge is 0.522 e. The van der Waals surface area contributed by atoms with Gasteiger partial charge in [-0.25, -0.2) is 0 Å². The maximum absolute atomic E-state index is 9.15. The van der Waals surface area contributed by atoms with Crippen LogP contribution >= 0.6 is 0 Å². The molecule has 4 heteroatoms. The number of hydrogen-bond donors (Lipinski definition) is 1. The van der Waals surface area contributed by atoms with Gasteiger partial charge in [0.05, 0.1) is 13.7 Å². The molecular weight excluding hydrogens is 365 g/mol. The second-order valence-electron chi connectivity index (χ2n) is 4.65. The van der Waals surface area contributed by atoms with Crippen molar-refractivity contribution in [2.45, 2.75) is 20.5 Å². The van der Waals surface area contributed by atoms with Gasteiger partial charge >= 0.3 is 0 Å². The van der Waals surface area contributed by atoms with E-state index in [-0.39, 0.29) is 39.3 Å². The maximum atomic E-state index is 9.15. The molecule has 0 aliphatic carbocycles. The quantitative estimate of drug-likeness (QED) is 0.640. The van der Waals surface area contributed by atoms with E-state index in [1.165, 1.54) is 0 Å². The van der Waals surface area contributed by atoms with Crippen LogP contribution in [0.25, 0.3) is 0 Å². The van der Waals surface area contributed by atoms with Gasteiger partial charge in [0.15, 0.2) is 0 Å². The van der Waals surface area contributed by atoms with E-state index < -0.39 is 0 Å². The van der Waals surface area contributed by atoms with Crippen molar-refractivity contribution < 1.29 is 47.3 Å². The first kappa shape index (κ1) is 21.5. The molecule has 117 valence electrons. The summed E-state index contributed by atoms with van der Waals surface area (Å²) in [6.07, 6.45) is 0. The summed E-state index contributed by atoms with van der Waals surface area (Å²) in [4.78, 5) is 8.00. The van der Waals surface area contributed by atoms with E-state index in [2.05, 4.69) is 17.9 Å². The van der Waals surface area contributed by atoms with Gasteiger partial charge in [-0.3, -0.25) is 0 Å². The van der Waals surface area contributed by atoms with Crippen LogP contribution in [0.1, 0.15) is 27.8 Å². The van der Waals surface area contributed by atoms with E-state index in [1.54, 1.807) is 7.11 Å². The molecule has 0 saturated heterocycles. The van der Waals surface area contributed by atoms with Gasteiger partial charge in [-0.1, -0.05) is 24.5 Å². The standard InChI is InChI=1S/C18H17O2.CH2O.Y/c1-13-10-15(6-8-17(13)12-19)4-5-16-7-9-18(20-3)14(2)11-16;1-2;/h6-8,10-11,19H,12H2,1-3H3;1H2;/q-1;;. The van der Waals surface area contributed by atoms with Gasteiger partial charge in [0.1, 0.15) is 6.79 Å². The Morgan fingerprint density at radius 2 is 1.74 bits per heavy atom. The molecule has 2 aromatic carbocycles. The van der Waals surface area contributed by atoms with Crippen LogP contribution in [0.3, 0.4) is 0 Å². The van der Waals surface area contributed by atoms with E-state index in [0.717, 1.165) is 33.6 Å². The summed E-state index contributed by atoms with van der Waals surface area (Å²) in [5.74, 6) is 6.99. The van der Waals surface area contributed by atoms with Crippen LogP contribution in [0, 0.1) is 31.8 Å². The third-order valence-corrected chi connectivity index (χ3v) is 3.16. The average Bonchev–Trinajstić information content (AvgIpc) is 2.55. The number of aliphatic hydroxyl groups excluding tert-OH is 1. The molecule has 2 rings (SSSR count). The Bertz CT molecular complexity index is 642. The molecule has 0 saturated carbocycles. The van der Waals surface area contributed by atoms with Gasteiger partial charge in [-0.15, -0.1) is 17.6 Å². The van der Waals surface area contributed by atoms with E-state index in [4.69, 9.17) is 14.6 Å². The smallest absolute Gasteiger partial charge is 0.106 e. The van der Waals surface area contributed by atoms with E-state index >= 15 is 0 Å². The average molecular weight is 384 g/mol. The van der Waals surface area contributed by atoms with Crippen molar-refractivity contribution in [3.05, 3.63) is 64.2 Å². The van der Waals surface area contributed by atoms with E-state index in [0.29, 0.717) is 0 Å². The molecule has 0 unspecified atom stereocenters. The second-order valence-corrected chi connectivity index (χ2v) is 4.65. The third-order valence-electron chi connectivity index (χ3n) is 3.16. The SMILES string of the molecule is C=O.COc1[c-]cc(C#Cc2ccc(CO)c(C)c2)cc1C.[Y]. The number of hydrogen-bond acceptors (Lipinski definition) is 3. The number of rotatable bonds is 2. The van der Waals surface area contributed by atoms with Gasteiger partial charge in [0.25, 0.3) is 0 Å². The van der Waals surface area contributed by atoms with E-state index in [1.807, 2.05) is 51.0 Å². The van der Waals surface area contributed by atoms with Crippen molar-refractivity contribution in [3.63, 3.8) is 0 Å². The minimum atomic E-state index is 0. The van der Waals surface area contributed by atoms with Gasteiger partial charge in [0, 0.05) is 44.0 Å². The summed E-state index contributed by atoms with van der Waals surface area (Å²) < 4.78 is 5.18. The minimum Gasteiger partial charge on any atom is -0.522 e. The van der Waals surface area contributed by atoms with Crippen molar-refractivity contribution in [1.29, 1.82) is 0 Å². The minimum absolute atomic E-state index is 0. The predicted molar refractivity (Wildman–Crippen MR) is 86.8 cm³/mol. The number of ether oxygens (including phenoxy) is 1. The fraction of sp³-hybridized carbons (Fsp3) is 0.211. The van der Waals surface area contributed by atoms with Crippen molar-refractivity contribution in [1.82, 2.24) is 0 Å². The van der Waals surface area contributed by atoms with Crippen molar-refractivity contribution >= 4 is 6.79 Å². The van der Waals surface area contributed by atoms with Crippen LogP contribution in [-0.2, 0) is 44.1 Å². The predicted octanol–water partition coefficient (Wildman–Crippen LogP) is 2.82. The summed E-state index contributed by atoms with van der Waals surface area (Å²) in [5.41, 5.74) is 4.85. The molecule has 0 amide bonds. The Kier molecular flexibility index (Phi) is 10.4. The third kappa shape index (κ3) is 6.27. The van der Waals surface area contributed by atoms with Crippen LogP contribution in [0.15, 0.2) is 30.3 Å². The fourth-order valence-electron chi connectivity index (χ4n) is 1.99. The summed E-state index contributed by atoms with van der Waals surface area (Å²) in [5, 5.41) is 9.15. The Morgan fingerprint density at radius 1 is 1.13 bits per heavy atom. The van der Waals surface area contributed by atoms with Gasteiger partial charge in [-0.05, 0) is 30.2 Å². The number of carbonyl (C=O) groups excluding carboxylic acids is 1. The van der Waals surface area contributed by atoms with Crippen LogP contribution in [0.4, 0.5) is 0 Å². The molecule has 0 spiro atoms. The number of aliphatic hydroxyl groups is 1. The number of methoxy groups -OCH3 is 1. The molecule has 0 aliphatic heterocycles.